The smallest absolute Gasteiger partial charge is 0.139 e. The molecule has 1 aromatic carbocycles. The van der Waals surface area contributed by atoms with E-state index in [1.54, 1.807) is 29.4 Å². The van der Waals surface area contributed by atoms with Gasteiger partial charge >= 0.3 is 0 Å². The summed E-state index contributed by atoms with van der Waals surface area (Å²) in [5.41, 5.74) is 2.20. The lowest BCUT2D eigenvalue weighted by atomic mass is 9.85. The van der Waals surface area contributed by atoms with Crippen LogP contribution in [0.3, 0.4) is 0 Å². The van der Waals surface area contributed by atoms with Crippen LogP contribution in [0.2, 0.25) is 4.34 Å². The van der Waals surface area contributed by atoms with Crippen molar-refractivity contribution in [2.45, 2.75) is 29.8 Å². The summed E-state index contributed by atoms with van der Waals surface area (Å²) in [5.74, 6) is 1.03. The highest BCUT2D eigenvalue weighted by Gasteiger charge is 2.42. The van der Waals surface area contributed by atoms with Gasteiger partial charge < -0.3 is 9.64 Å². The van der Waals surface area contributed by atoms with E-state index in [-0.39, 0.29) is 5.60 Å². The van der Waals surface area contributed by atoms with E-state index in [4.69, 9.17) is 16.3 Å². The Labute approximate surface area is 171 Å². The quantitative estimate of drug-likeness (QED) is 0.540. The second-order valence-corrected chi connectivity index (χ2v) is 9.63. The summed E-state index contributed by atoms with van der Waals surface area (Å²) in [6, 6.07) is 8.53. The largest absolute Gasteiger partial charge is 0.369 e. The number of rotatable bonds is 2. The summed E-state index contributed by atoms with van der Waals surface area (Å²) < 4.78 is 7.22. The molecule has 1 spiro atoms. The van der Waals surface area contributed by atoms with Crippen molar-refractivity contribution in [2.75, 3.05) is 30.9 Å². The lowest BCUT2D eigenvalue weighted by molar-refractivity contribution is -0.0735. The topological polar surface area (TPSA) is 38.2 Å². The summed E-state index contributed by atoms with van der Waals surface area (Å²) >= 11 is 9.74. The number of thioether (sulfide) groups is 1. The van der Waals surface area contributed by atoms with Gasteiger partial charge in [0.1, 0.15) is 17.7 Å². The van der Waals surface area contributed by atoms with E-state index in [1.165, 1.54) is 15.3 Å². The number of fused-ring (bicyclic) bond motifs is 3. The van der Waals surface area contributed by atoms with Crippen molar-refractivity contribution >= 4 is 51.4 Å². The molecule has 4 nitrogen and oxygen atoms in total. The third-order valence-corrected chi connectivity index (χ3v) is 7.85. The highest BCUT2D eigenvalue weighted by molar-refractivity contribution is 7.98. The molecule has 0 amide bonds. The van der Waals surface area contributed by atoms with Crippen molar-refractivity contribution in [1.82, 2.24) is 9.97 Å². The first-order chi connectivity index (χ1) is 13.2. The van der Waals surface area contributed by atoms with Gasteiger partial charge in [0.05, 0.1) is 16.5 Å². The van der Waals surface area contributed by atoms with Gasteiger partial charge in [-0.25, -0.2) is 9.97 Å². The molecule has 4 heterocycles. The first-order valence-electron chi connectivity index (χ1n) is 9.15. The van der Waals surface area contributed by atoms with Crippen molar-refractivity contribution in [2.24, 2.45) is 0 Å². The molecular formula is C20H20ClN3OS2. The Kier molecular flexibility index (Phi) is 4.55. The summed E-state index contributed by atoms with van der Waals surface area (Å²) in [4.78, 5) is 14.0. The van der Waals surface area contributed by atoms with Gasteiger partial charge in [0.2, 0.25) is 0 Å². The maximum atomic E-state index is 6.34. The van der Waals surface area contributed by atoms with Crippen LogP contribution in [0.15, 0.2) is 35.5 Å². The zero-order valence-electron chi connectivity index (χ0n) is 15.1. The Morgan fingerprint density at radius 1 is 1.22 bits per heavy atom. The van der Waals surface area contributed by atoms with E-state index < -0.39 is 0 Å². The molecule has 0 saturated carbocycles. The maximum absolute atomic E-state index is 6.34. The highest BCUT2D eigenvalue weighted by Crippen LogP contribution is 2.47. The Bertz CT molecular complexity index is 998. The van der Waals surface area contributed by atoms with Gasteiger partial charge in [-0.15, -0.1) is 23.1 Å². The number of piperidine rings is 1. The van der Waals surface area contributed by atoms with Crippen molar-refractivity contribution in [1.29, 1.82) is 0 Å². The first kappa shape index (κ1) is 17.7. The number of aromatic nitrogens is 2. The van der Waals surface area contributed by atoms with Crippen molar-refractivity contribution < 1.29 is 4.74 Å². The fourth-order valence-electron chi connectivity index (χ4n) is 4.24. The predicted molar refractivity (Wildman–Crippen MR) is 113 cm³/mol. The summed E-state index contributed by atoms with van der Waals surface area (Å²) in [5, 5.41) is 1.13. The first-order valence-corrected chi connectivity index (χ1v) is 11.6. The van der Waals surface area contributed by atoms with Gasteiger partial charge in [0.15, 0.2) is 0 Å². The SMILES string of the molecule is CSc1ccc2ncnc(N3CCC4(CC3)OCCc3cc(Cl)sc34)c2c1. The van der Waals surface area contributed by atoms with Crippen molar-refractivity contribution in [3.05, 3.63) is 45.4 Å². The van der Waals surface area contributed by atoms with Gasteiger partial charge in [-0.1, -0.05) is 11.6 Å². The van der Waals surface area contributed by atoms with Crippen LogP contribution in [0.5, 0.6) is 0 Å². The zero-order chi connectivity index (χ0) is 18.4. The molecule has 0 radical (unpaired) electrons. The van der Waals surface area contributed by atoms with Gasteiger partial charge in [-0.05, 0) is 55.3 Å². The minimum atomic E-state index is -0.171. The van der Waals surface area contributed by atoms with Gasteiger partial charge in [0, 0.05) is 28.2 Å². The molecule has 0 bridgehead atoms. The van der Waals surface area contributed by atoms with Crippen LogP contribution in [0.4, 0.5) is 5.82 Å². The molecular weight excluding hydrogens is 398 g/mol. The van der Waals surface area contributed by atoms with Crippen LogP contribution >= 0.6 is 34.7 Å². The minimum Gasteiger partial charge on any atom is -0.369 e. The average molecular weight is 418 g/mol. The summed E-state index contributed by atoms with van der Waals surface area (Å²) in [7, 11) is 0. The van der Waals surface area contributed by atoms with E-state index in [9.17, 15) is 0 Å². The minimum absolute atomic E-state index is 0.171. The number of benzene rings is 1. The number of anilines is 1. The number of nitrogens with zero attached hydrogens (tertiary/aromatic N) is 3. The Morgan fingerprint density at radius 2 is 2.07 bits per heavy atom. The van der Waals surface area contributed by atoms with E-state index >= 15 is 0 Å². The zero-order valence-corrected chi connectivity index (χ0v) is 17.5. The number of hydrogen-bond donors (Lipinski definition) is 0. The maximum Gasteiger partial charge on any atom is 0.139 e. The van der Waals surface area contributed by atoms with Crippen LogP contribution in [0, 0.1) is 0 Å². The predicted octanol–water partition coefficient (Wildman–Crippen LogP) is 5.14. The Balaban J connectivity index is 1.46. The van der Waals surface area contributed by atoms with Crippen molar-refractivity contribution in [3.8, 4) is 0 Å². The van der Waals surface area contributed by atoms with Crippen LogP contribution in [0.25, 0.3) is 10.9 Å². The average Bonchev–Trinajstić information content (AvgIpc) is 3.10. The van der Waals surface area contributed by atoms with Crippen LogP contribution in [0.1, 0.15) is 23.3 Å². The monoisotopic (exact) mass is 417 g/mol. The molecule has 2 aromatic heterocycles. The second-order valence-electron chi connectivity index (χ2n) is 7.07. The fourth-order valence-corrected chi connectivity index (χ4v) is 6.18. The van der Waals surface area contributed by atoms with Crippen LogP contribution in [-0.4, -0.2) is 35.9 Å². The van der Waals surface area contributed by atoms with Gasteiger partial charge in [0.25, 0.3) is 0 Å². The van der Waals surface area contributed by atoms with E-state index in [0.29, 0.717) is 0 Å². The number of halogens is 1. The van der Waals surface area contributed by atoms with Crippen LogP contribution < -0.4 is 4.90 Å². The molecule has 5 rings (SSSR count). The Morgan fingerprint density at radius 3 is 2.89 bits per heavy atom. The molecule has 0 N–H and O–H groups in total. The standard InChI is InChI=1S/C20H20ClN3OS2/c1-26-14-2-3-16-15(11-14)19(23-12-22-16)24-7-5-20(6-8-24)18-13(4-9-25-20)10-17(21)27-18/h2-3,10-12H,4-9H2,1H3. The molecule has 1 saturated heterocycles. The third-order valence-electron chi connectivity index (χ3n) is 5.63. The molecule has 0 aliphatic carbocycles. The molecule has 1 fully saturated rings. The number of ether oxygens (including phenoxy) is 1. The molecule has 0 atom stereocenters. The van der Waals surface area contributed by atoms with Crippen molar-refractivity contribution in [3.63, 3.8) is 0 Å². The Hall–Kier alpha value is -1.34. The van der Waals surface area contributed by atoms with E-state index in [2.05, 4.69) is 45.4 Å². The molecule has 0 unspecified atom stereocenters. The number of hydrogen-bond acceptors (Lipinski definition) is 6. The van der Waals surface area contributed by atoms with Gasteiger partial charge in [-0.2, -0.15) is 0 Å². The van der Waals surface area contributed by atoms with Gasteiger partial charge in [-0.3, -0.25) is 0 Å². The molecule has 2 aliphatic rings. The lowest BCUT2D eigenvalue weighted by Gasteiger charge is -2.44. The second kappa shape index (κ2) is 6.92. The summed E-state index contributed by atoms with van der Waals surface area (Å²) in [6.07, 6.45) is 6.67. The molecule has 2 aliphatic heterocycles. The fraction of sp³-hybridized carbons (Fsp3) is 0.400. The highest BCUT2D eigenvalue weighted by atomic mass is 35.5. The third kappa shape index (κ3) is 3.03. The normalized spacial score (nSPS) is 18.8. The van der Waals surface area contributed by atoms with Crippen LogP contribution in [-0.2, 0) is 16.8 Å². The van der Waals surface area contributed by atoms with E-state index in [0.717, 1.165) is 60.0 Å². The summed E-state index contributed by atoms with van der Waals surface area (Å²) in [6.45, 7) is 2.63. The van der Waals surface area contributed by atoms with E-state index in [1.807, 2.05) is 0 Å². The molecule has 3 aromatic rings. The molecule has 140 valence electrons. The lowest BCUT2D eigenvalue weighted by Crippen LogP contribution is -2.46. The number of thiophene rings is 1. The molecule has 7 heteroatoms. The molecule has 27 heavy (non-hydrogen) atoms.